The maximum absolute atomic E-state index is 5.67. The lowest BCUT2D eigenvalue weighted by Gasteiger charge is -2.02. The number of nitrogens with two attached hydrogens (primary N) is 2. The molecule has 4 N–H and O–H groups in total. The van der Waals surface area contributed by atoms with Crippen LogP contribution in [0.3, 0.4) is 0 Å². The van der Waals surface area contributed by atoms with Crippen molar-refractivity contribution in [1.29, 1.82) is 0 Å². The zero-order valence-electron chi connectivity index (χ0n) is 8.28. The number of aromatic nitrogens is 5. The van der Waals surface area contributed by atoms with Crippen molar-refractivity contribution < 1.29 is 0 Å². The molecule has 0 bridgehead atoms. The number of pyridine rings is 1. The Labute approximate surface area is 90.3 Å². The summed E-state index contributed by atoms with van der Waals surface area (Å²) in [6.45, 7) is 0. The Kier molecular flexibility index (Phi) is 1.61. The minimum Gasteiger partial charge on any atom is -0.368 e. The van der Waals surface area contributed by atoms with Gasteiger partial charge in [-0.05, 0) is 6.07 Å². The van der Waals surface area contributed by atoms with E-state index in [0.29, 0.717) is 0 Å². The molecule has 0 aliphatic rings. The first-order chi connectivity index (χ1) is 7.74. The van der Waals surface area contributed by atoms with Crippen LogP contribution < -0.4 is 11.5 Å². The zero-order chi connectivity index (χ0) is 11.1. The average Bonchev–Trinajstić information content (AvgIpc) is 2.83. The molecule has 3 aromatic heterocycles. The van der Waals surface area contributed by atoms with Gasteiger partial charge < -0.3 is 15.9 Å². The Hall–Kier alpha value is -2.57. The van der Waals surface area contributed by atoms with Crippen molar-refractivity contribution in [3.05, 3.63) is 30.7 Å². The van der Waals surface area contributed by atoms with E-state index in [2.05, 4.69) is 15.1 Å². The van der Waals surface area contributed by atoms with Crippen LogP contribution in [0.15, 0.2) is 30.7 Å². The molecule has 3 aromatic rings. The molecule has 16 heavy (non-hydrogen) atoms. The highest BCUT2D eigenvalue weighted by Gasteiger charge is 2.07. The quantitative estimate of drug-likeness (QED) is 0.598. The predicted molar refractivity (Wildman–Crippen MR) is 58.9 cm³/mol. The van der Waals surface area contributed by atoms with Gasteiger partial charge in [-0.25, -0.2) is 4.98 Å². The molecule has 0 spiro atoms. The number of imidazole rings is 1. The van der Waals surface area contributed by atoms with Crippen LogP contribution in [0.1, 0.15) is 0 Å². The van der Waals surface area contributed by atoms with Crippen LogP contribution in [-0.4, -0.2) is 24.1 Å². The molecule has 0 fully saturated rings. The summed E-state index contributed by atoms with van der Waals surface area (Å²) in [7, 11) is 0. The summed E-state index contributed by atoms with van der Waals surface area (Å²) in [5, 5.41) is 3.99. The number of nitrogen functional groups attached to an aromatic ring is 2. The highest BCUT2D eigenvalue weighted by atomic mass is 15.4. The second-order valence-corrected chi connectivity index (χ2v) is 3.32. The Bertz CT molecular complexity index is 651. The minimum absolute atomic E-state index is 0.153. The molecule has 0 unspecified atom stereocenters. The van der Waals surface area contributed by atoms with Crippen LogP contribution in [0.4, 0.5) is 11.9 Å². The van der Waals surface area contributed by atoms with Gasteiger partial charge in [0.15, 0.2) is 0 Å². The van der Waals surface area contributed by atoms with Crippen molar-refractivity contribution >= 4 is 17.5 Å². The summed E-state index contributed by atoms with van der Waals surface area (Å²) in [4.78, 5) is 8.01. The number of fused-ring (bicyclic) bond motifs is 1. The molecular weight excluding hydrogens is 206 g/mol. The summed E-state index contributed by atoms with van der Waals surface area (Å²) in [5.41, 5.74) is 12.7. The minimum atomic E-state index is 0.153. The van der Waals surface area contributed by atoms with Gasteiger partial charge in [-0.2, -0.15) is 9.67 Å². The van der Waals surface area contributed by atoms with Crippen LogP contribution in [-0.2, 0) is 0 Å². The molecule has 0 radical (unpaired) electrons. The van der Waals surface area contributed by atoms with Gasteiger partial charge in [0, 0.05) is 24.7 Å². The van der Waals surface area contributed by atoms with Gasteiger partial charge in [-0.15, -0.1) is 5.10 Å². The van der Waals surface area contributed by atoms with E-state index in [1.807, 2.05) is 28.9 Å². The summed E-state index contributed by atoms with van der Waals surface area (Å²) in [5.74, 6) is 0.411. The number of hydrogen-bond donors (Lipinski definition) is 2. The van der Waals surface area contributed by atoms with Gasteiger partial charge in [-0.3, -0.25) is 0 Å². The van der Waals surface area contributed by atoms with Crippen LogP contribution in [0.5, 0.6) is 0 Å². The number of anilines is 2. The third kappa shape index (κ3) is 1.18. The van der Waals surface area contributed by atoms with Crippen LogP contribution in [0, 0.1) is 0 Å². The molecule has 7 heteroatoms. The number of nitrogens with zero attached hydrogens (tertiary/aromatic N) is 5. The SMILES string of the molecule is Nc1nc(N)n(-c2ccn3ccnc3c2)n1. The van der Waals surface area contributed by atoms with E-state index in [4.69, 9.17) is 11.5 Å². The predicted octanol–water partition coefficient (Wildman–Crippen LogP) is 0.0794. The lowest BCUT2D eigenvalue weighted by Crippen LogP contribution is -2.03. The van der Waals surface area contributed by atoms with Gasteiger partial charge >= 0.3 is 0 Å². The molecule has 0 amide bonds. The maximum atomic E-state index is 5.67. The number of hydrogen-bond acceptors (Lipinski definition) is 5. The lowest BCUT2D eigenvalue weighted by molar-refractivity contribution is 0.892. The van der Waals surface area contributed by atoms with E-state index in [9.17, 15) is 0 Å². The molecule has 0 saturated heterocycles. The van der Waals surface area contributed by atoms with Crippen molar-refractivity contribution in [3.8, 4) is 5.69 Å². The molecule has 0 saturated carbocycles. The van der Waals surface area contributed by atoms with Gasteiger partial charge in [0.2, 0.25) is 11.9 Å². The van der Waals surface area contributed by atoms with Gasteiger partial charge in [-0.1, -0.05) is 0 Å². The monoisotopic (exact) mass is 215 g/mol. The smallest absolute Gasteiger partial charge is 0.241 e. The Balaban J connectivity index is 2.21. The molecular formula is C9H9N7. The molecule has 0 atom stereocenters. The molecule has 0 aromatic carbocycles. The van der Waals surface area contributed by atoms with Crippen molar-refractivity contribution in [2.45, 2.75) is 0 Å². The third-order valence-electron chi connectivity index (χ3n) is 2.27. The largest absolute Gasteiger partial charge is 0.368 e. The summed E-state index contributed by atoms with van der Waals surface area (Å²) >= 11 is 0. The van der Waals surface area contributed by atoms with Crippen molar-refractivity contribution in [3.63, 3.8) is 0 Å². The highest BCUT2D eigenvalue weighted by Crippen LogP contribution is 2.13. The molecule has 3 rings (SSSR count). The van der Waals surface area contributed by atoms with Crippen molar-refractivity contribution in [2.75, 3.05) is 11.5 Å². The van der Waals surface area contributed by atoms with E-state index in [1.165, 1.54) is 4.68 Å². The van der Waals surface area contributed by atoms with E-state index < -0.39 is 0 Å². The van der Waals surface area contributed by atoms with E-state index in [1.54, 1.807) is 6.20 Å². The van der Waals surface area contributed by atoms with Crippen LogP contribution >= 0.6 is 0 Å². The van der Waals surface area contributed by atoms with Gasteiger partial charge in [0.25, 0.3) is 0 Å². The van der Waals surface area contributed by atoms with E-state index in [-0.39, 0.29) is 11.9 Å². The summed E-state index contributed by atoms with van der Waals surface area (Å²) in [6, 6.07) is 3.71. The Morgan fingerprint density at radius 2 is 2.06 bits per heavy atom. The molecule has 0 aliphatic carbocycles. The summed E-state index contributed by atoms with van der Waals surface area (Å²) in [6.07, 6.45) is 5.45. The van der Waals surface area contributed by atoms with E-state index in [0.717, 1.165) is 11.3 Å². The molecule has 3 heterocycles. The zero-order valence-corrected chi connectivity index (χ0v) is 8.28. The fourth-order valence-corrected chi connectivity index (χ4v) is 1.56. The first-order valence-electron chi connectivity index (χ1n) is 4.65. The van der Waals surface area contributed by atoms with Crippen LogP contribution in [0.25, 0.3) is 11.3 Å². The highest BCUT2D eigenvalue weighted by molar-refractivity contribution is 5.50. The fraction of sp³-hybridized carbons (Fsp3) is 0. The standard InChI is InChI=1S/C9H9N7/c10-8-13-9(11)16(14-8)6-1-3-15-4-2-12-7(15)5-6/h1-5H,(H4,10,11,13,14). The number of rotatable bonds is 1. The maximum Gasteiger partial charge on any atom is 0.241 e. The Morgan fingerprint density at radius 1 is 1.19 bits per heavy atom. The normalized spacial score (nSPS) is 11.0. The van der Waals surface area contributed by atoms with E-state index >= 15 is 0 Å². The topological polar surface area (TPSA) is 100 Å². The summed E-state index contributed by atoms with van der Waals surface area (Å²) < 4.78 is 3.37. The third-order valence-corrected chi connectivity index (χ3v) is 2.27. The fourth-order valence-electron chi connectivity index (χ4n) is 1.56. The molecule has 0 aliphatic heterocycles. The lowest BCUT2D eigenvalue weighted by atomic mass is 10.4. The average molecular weight is 215 g/mol. The van der Waals surface area contributed by atoms with Gasteiger partial charge in [0.05, 0.1) is 5.69 Å². The van der Waals surface area contributed by atoms with Crippen molar-refractivity contribution in [1.82, 2.24) is 24.1 Å². The van der Waals surface area contributed by atoms with Crippen molar-refractivity contribution in [2.24, 2.45) is 0 Å². The second kappa shape index (κ2) is 2.96. The van der Waals surface area contributed by atoms with Gasteiger partial charge in [0.1, 0.15) is 5.65 Å². The first-order valence-corrected chi connectivity index (χ1v) is 4.65. The first kappa shape index (κ1) is 8.72. The second-order valence-electron chi connectivity index (χ2n) is 3.32. The van der Waals surface area contributed by atoms with Crippen LogP contribution in [0.2, 0.25) is 0 Å². The Morgan fingerprint density at radius 3 is 2.81 bits per heavy atom. The molecule has 80 valence electrons. The molecule has 7 nitrogen and oxygen atoms in total.